The number of aliphatic hydroxyl groups is 1. The van der Waals surface area contributed by atoms with E-state index in [0.717, 1.165) is 32.2 Å². The Balaban J connectivity index is 2.74. The molecule has 1 fully saturated rings. The monoisotopic (exact) mass is 185 g/mol. The van der Waals surface area contributed by atoms with E-state index in [9.17, 15) is 5.11 Å². The van der Waals surface area contributed by atoms with Crippen LogP contribution in [0.3, 0.4) is 0 Å². The Bertz CT molecular complexity index is 179. The SMILES string of the molecule is CCCN(C)C1(C)CCCC1(C)O. The third-order valence-electron chi connectivity index (χ3n) is 3.89. The summed E-state index contributed by atoms with van der Waals surface area (Å²) in [7, 11) is 2.13. The fourth-order valence-corrected chi connectivity index (χ4v) is 2.50. The molecule has 0 aromatic heterocycles. The molecule has 0 radical (unpaired) electrons. The topological polar surface area (TPSA) is 23.5 Å². The summed E-state index contributed by atoms with van der Waals surface area (Å²) in [5, 5.41) is 10.3. The van der Waals surface area contributed by atoms with Gasteiger partial charge in [-0.1, -0.05) is 6.92 Å². The lowest BCUT2D eigenvalue weighted by Crippen LogP contribution is -2.56. The van der Waals surface area contributed by atoms with Gasteiger partial charge in [-0.3, -0.25) is 4.90 Å². The number of rotatable bonds is 3. The zero-order valence-corrected chi connectivity index (χ0v) is 9.43. The van der Waals surface area contributed by atoms with E-state index in [4.69, 9.17) is 0 Å². The van der Waals surface area contributed by atoms with Gasteiger partial charge in [0.15, 0.2) is 0 Å². The van der Waals surface area contributed by atoms with Crippen LogP contribution in [0.15, 0.2) is 0 Å². The highest BCUT2D eigenvalue weighted by molar-refractivity contribution is 5.05. The summed E-state index contributed by atoms with van der Waals surface area (Å²) < 4.78 is 0. The molecule has 2 nitrogen and oxygen atoms in total. The molecule has 0 bridgehead atoms. The lowest BCUT2D eigenvalue weighted by molar-refractivity contribution is -0.0627. The molecule has 78 valence electrons. The van der Waals surface area contributed by atoms with Crippen LogP contribution >= 0.6 is 0 Å². The van der Waals surface area contributed by atoms with Crippen molar-refractivity contribution in [2.45, 2.75) is 57.6 Å². The van der Waals surface area contributed by atoms with Gasteiger partial charge in [0.2, 0.25) is 0 Å². The Morgan fingerprint density at radius 1 is 1.31 bits per heavy atom. The molecule has 0 amide bonds. The predicted octanol–water partition coefficient (Wildman–Crippen LogP) is 2.02. The molecule has 13 heavy (non-hydrogen) atoms. The van der Waals surface area contributed by atoms with Crippen molar-refractivity contribution >= 4 is 0 Å². The maximum atomic E-state index is 10.3. The summed E-state index contributed by atoms with van der Waals surface area (Å²) in [6.07, 6.45) is 4.37. The highest BCUT2D eigenvalue weighted by Crippen LogP contribution is 2.42. The van der Waals surface area contributed by atoms with Crippen molar-refractivity contribution < 1.29 is 5.11 Å². The zero-order chi connectivity index (χ0) is 10.1. The van der Waals surface area contributed by atoms with Crippen LogP contribution in [0, 0.1) is 0 Å². The molecular weight excluding hydrogens is 162 g/mol. The Morgan fingerprint density at radius 2 is 1.92 bits per heavy atom. The van der Waals surface area contributed by atoms with Crippen LogP contribution in [0.5, 0.6) is 0 Å². The summed E-state index contributed by atoms with van der Waals surface area (Å²) in [5.74, 6) is 0. The minimum atomic E-state index is -0.503. The second kappa shape index (κ2) is 3.58. The first kappa shape index (κ1) is 11.0. The Morgan fingerprint density at radius 3 is 2.31 bits per heavy atom. The van der Waals surface area contributed by atoms with Crippen LogP contribution < -0.4 is 0 Å². The molecule has 2 atom stereocenters. The second-order valence-electron chi connectivity index (χ2n) is 4.82. The Hall–Kier alpha value is -0.0800. The number of hydrogen-bond donors (Lipinski definition) is 1. The third-order valence-corrected chi connectivity index (χ3v) is 3.89. The molecule has 2 heteroatoms. The quantitative estimate of drug-likeness (QED) is 0.727. The van der Waals surface area contributed by atoms with E-state index in [0.29, 0.717) is 0 Å². The van der Waals surface area contributed by atoms with Crippen LogP contribution in [0.1, 0.15) is 46.5 Å². The van der Waals surface area contributed by atoms with Gasteiger partial charge in [-0.2, -0.15) is 0 Å². The van der Waals surface area contributed by atoms with E-state index in [1.54, 1.807) is 0 Å². The van der Waals surface area contributed by atoms with E-state index in [-0.39, 0.29) is 5.54 Å². The van der Waals surface area contributed by atoms with Crippen molar-refractivity contribution in [2.24, 2.45) is 0 Å². The average molecular weight is 185 g/mol. The highest BCUT2D eigenvalue weighted by atomic mass is 16.3. The molecule has 0 saturated heterocycles. The van der Waals surface area contributed by atoms with Crippen molar-refractivity contribution in [2.75, 3.05) is 13.6 Å². The molecule has 1 aliphatic carbocycles. The first-order chi connectivity index (χ1) is 5.94. The van der Waals surface area contributed by atoms with Crippen LogP contribution in [-0.4, -0.2) is 34.7 Å². The van der Waals surface area contributed by atoms with E-state index >= 15 is 0 Å². The highest BCUT2D eigenvalue weighted by Gasteiger charge is 2.49. The minimum absolute atomic E-state index is 0.0109. The first-order valence-corrected chi connectivity index (χ1v) is 5.37. The zero-order valence-electron chi connectivity index (χ0n) is 9.43. The maximum Gasteiger partial charge on any atom is 0.0799 e. The fraction of sp³-hybridized carbons (Fsp3) is 1.00. The summed E-state index contributed by atoms with van der Waals surface area (Å²) in [4.78, 5) is 2.32. The Kier molecular flexibility index (Phi) is 3.03. The molecule has 0 aromatic carbocycles. The maximum absolute atomic E-state index is 10.3. The number of nitrogens with zero attached hydrogens (tertiary/aromatic N) is 1. The minimum Gasteiger partial charge on any atom is -0.388 e. The van der Waals surface area contributed by atoms with Gasteiger partial charge in [-0.25, -0.2) is 0 Å². The van der Waals surface area contributed by atoms with E-state index in [2.05, 4.69) is 25.8 Å². The van der Waals surface area contributed by atoms with Crippen molar-refractivity contribution in [3.05, 3.63) is 0 Å². The number of likely N-dealkylation sites (N-methyl/N-ethyl adjacent to an activating group) is 1. The van der Waals surface area contributed by atoms with Gasteiger partial charge in [0.05, 0.1) is 5.60 Å². The summed E-state index contributed by atoms with van der Waals surface area (Å²) >= 11 is 0. The third kappa shape index (κ3) is 1.75. The summed E-state index contributed by atoms with van der Waals surface area (Å²) in [5.41, 5.74) is -0.514. The van der Waals surface area contributed by atoms with Gasteiger partial charge < -0.3 is 5.11 Å². The van der Waals surface area contributed by atoms with E-state index < -0.39 is 5.60 Å². The molecule has 1 rings (SSSR count). The van der Waals surface area contributed by atoms with Gasteiger partial charge in [0.25, 0.3) is 0 Å². The fourth-order valence-electron chi connectivity index (χ4n) is 2.50. The van der Waals surface area contributed by atoms with Crippen LogP contribution in [0.25, 0.3) is 0 Å². The first-order valence-electron chi connectivity index (χ1n) is 5.37. The molecular formula is C11H23NO. The van der Waals surface area contributed by atoms with Gasteiger partial charge >= 0.3 is 0 Å². The summed E-state index contributed by atoms with van der Waals surface area (Å²) in [6.45, 7) is 7.43. The van der Waals surface area contributed by atoms with Gasteiger partial charge in [-0.05, 0) is 53.1 Å². The van der Waals surface area contributed by atoms with Crippen molar-refractivity contribution in [1.29, 1.82) is 0 Å². The predicted molar refractivity (Wildman–Crippen MR) is 55.8 cm³/mol. The van der Waals surface area contributed by atoms with Crippen molar-refractivity contribution in [3.63, 3.8) is 0 Å². The lowest BCUT2D eigenvalue weighted by Gasteiger charge is -2.44. The van der Waals surface area contributed by atoms with Crippen LogP contribution in [-0.2, 0) is 0 Å². The molecule has 1 aliphatic rings. The largest absolute Gasteiger partial charge is 0.388 e. The van der Waals surface area contributed by atoms with Gasteiger partial charge in [0.1, 0.15) is 0 Å². The molecule has 1 N–H and O–H groups in total. The molecule has 0 aromatic rings. The molecule has 0 heterocycles. The van der Waals surface area contributed by atoms with Crippen molar-refractivity contribution in [1.82, 2.24) is 4.90 Å². The van der Waals surface area contributed by atoms with E-state index in [1.807, 2.05) is 6.92 Å². The summed E-state index contributed by atoms with van der Waals surface area (Å²) in [6, 6.07) is 0. The average Bonchev–Trinajstić information content (AvgIpc) is 2.28. The molecule has 0 aliphatic heterocycles. The smallest absolute Gasteiger partial charge is 0.0799 e. The lowest BCUT2D eigenvalue weighted by atomic mass is 9.84. The number of hydrogen-bond acceptors (Lipinski definition) is 2. The molecule has 1 saturated carbocycles. The molecule has 0 spiro atoms. The molecule has 2 unspecified atom stereocenters. The van der Waals surface area contributed by atoms with Crippen LogP contribution in [0.2, 0.25) is 0 Å². The Labute approximate surface area is 81.9 Å². The van der Waals surface area contributed by atoms with E-state index in [1.165, 1.54) is 0 Å². The normalized spacial score (nSPS) is 40.2. The standard InChI is InChI=1S/C11H23NO/c1-5-9-12(4)10(2)7-6-8-11(10,3)13/h13H,5-9H2,1-4H3. The van der Waals surface area contributed by atoms with Crippen LogP contribution in [0.4, 0.5) is 0 Å². The van der Waals surface area contributed by atoms with Gasteiger partial charge in [-0.15, -0.1) is 0 Å². The van der Waals surface area contributed by atoms with Gasteiger partial charge in [0, 0.05) is 5.54 Å². The van der Waals surface area contributed by atoms with Crippen molar-refractivity contribution in [3.8, 4) is 0 Å². The second-order valence-corrected chi connectivity index (χ2v) is 4.82.